The highest BCUT2D eigenvalue weighted by Gasteiger charge is 2.58. The van der Waals surface area contributed by atoms with E-state index < -0.39 is 15.3 Å². The third-order valence-electron chi connectivity index (χ3n) is 6.91. The molecular weight excluding hydrogens is 364 g/mol. The van der Waals surface area contributed by atoms with Crippen molar-refractivity contribution in [3.63, 3.8) is 0 Å². The molecule has 0 saturated carbocycles. The van der Waals surface area contributed by atoms with Crippen molar-refractivity contribution in [2.75, 3.05) is 0 Å². The Hall–Kier alpha value is -2.91. The van der Waals surface area contributed by atoms with E-state index in [1.54, 1.807) is 6.07 Å². The summed E-state index contributed by atoms with van der Waals surface area (Å²) in [5.41, 5.74) is 8.86. The van der Waals surface area contributed by atoms with E-state index in [1.807, 2.05) is 18.2 Å². The monoisotopic (exact) mass is 380 g/mol. The van der Waals surface area contributed by atoms with Gasteiger partial charge in [0, 0.05) is 0 Å². The van der Waals surface area contributed by atoms with Crippen LogP contribution >= 0.6 is 0 Å². The van der Waals surface area contributed by atoms with Crippen LogP contribution in [0, 0.1) is 0 Å². The number of allylic oxidation sites excluding steroid dienone is 3. The minimum absolute atomic E-state index is 0.458. The highest BCUT2D eigenvalue weighted by molar-refractivity contribution is 7.95. The van der Waals surface area contributed by atoms with Crippen molar-refractivity contribution >= 4 is 9.84 Å². The Labute approximate surface area is 163 Å². The summed E-state index contributed by atoms with van der Waals surface area (Å²) in [7, 11) is -3.51. The van der Waals surface area contributed by atoms with Crippen molar-refractivity contribution < 1.29 is 8.42 Å². The Balaban J connectivity index is 1.82. The van der Waals surface area contributed by atoms with Gasteiger partial charge in [-0.25, -0.2) is 8.42 Å². The molecule has 3 aliphatic carbocycles. The third-order valence-corrected chi connectivity index (χ3v) is 8.79. The molecule has 2 nitrogen and oxygen atoms in total. The number of hydrogen-bond donors (Lipinski definition) is 0. The lowest BCUT2D eigenvalue weighted by atomic mass is 9.67. The maximum atomic E-state index is 13.6. The highest BCUT2D eigenvalue weighted by Crippen LogP contribution is 2.68. The lowest BCUT2D eigenvalue weighted by Gasteiger charge is -2.39. The molecule has 3 aromatic carbocycles. The Bertz CT molecular complexity index is 1420. The fourth-order valence-corrected chi connectivity index (χ4v) is 7.94. The van der Waals surface area contributed by atoms with Crippen LogP contribution in [0.25, 0.3) is 22.3 Å². The van der Waals surface area contributed by atoms with Crippen LogP contribution < -0.4 is 0 Å². The van der Waals surface area contributed by atoms with Crippen LogP contribution in [0.3, 0.4) is 0 Å². The molecule has 0 bridgehead atoms. The van der Waals surface area contributed by atoms with Gasteiger partial charge in [-0.05, 0) is 69.5 Å². The molecule has 1 atom stereocenters. The van der Waals surface area contributed by atoms with E-state index in [4.69, 9.17) is 0 Å². The van der Waals surface area contributed by atoms with Crippen molar-refractivity contribution in [1.29, 1.82) is 0 Å². The molecule has 1 aliphatic heterocycles. The van der Waals surface area contributed by atoms with Crippen LogP contribution in [0.2, 0.25) is 0 Å². The SMILES string of the molecule is O=S1(=O)C2=C(CCC=C2)C23c4ccccc4-c4cccc(c42)-c2cccc1c23. The second-order valence-electron chi connectivity index (χ2n) is 7.99. The number of hydrogen-bond acceptors (Lipinski definition) is 2. The van der Waals surface area contributed by atoms with E-state index in [0.29, 0.717) is 9.80 Å². The van der Waals surface area contributed by atoms with Crippen molar-refractivity contribution in [2.24, 2.45) is 0 Å². The van der Waals surface area contributed by atoms with E-state index in [-0.39, 0.29) is 0 Å². The molecule has 1 unspecified atom stereocenters. The summed E-state index contributed by atoms with van der Waals surface area (Å²) in [6, 6.07) is 20.8. The molecule has 1 spiro atoms. The molecule has 0 radical (unpaired) electrons. The van der Waals surface area contributed by atoms with Crippen molar-refractivity contribution in [3.05, 3.63) is 100.0 Å². The maximum absolute atomic E-state index is 13.6. The summed E-state index contributed by atoms with van der Waals surface area (Å²) in [5.74, 6) is 0. The summed E-state index contributed by atoms with van der Waals surface area (Å²) in [4.78, 5) is 0.997. The number of rotatable bonds is 0. The molecule has 4 aliphatic rings. The lowest BCUT2D eigenvalue weighted by molar-refractivity contribution is 0.588. The Morgan fingerprint density at radius 1 is 0.750 bits per heavy atom. The smallest absolute Gasteiger partial charge is 0.206 e. The summed E-state index contributed by atoms with van der Waals surface area (Å²) in [6.07, 6.45) is 5.51. The van der Waals surface area contributed by atoms with Crippen LogP contribution in [0.1, 0.15) is 29.5 Å². The highest BCUT2D eigenvalue weighted by atomic mass is 32.2. The van der Waals surface area contributed by atoms with Crippen molar-refractivity contribution in [1.82, 2.24) is 0 Å². The first-order valence-corrected chi connectivity index (χ1v) is 11.2. The summed E-state index contributed by atoms with van der Waals surface area (Å²) in [6.45, 7) is 0. The zero-order chi connectivity index (χ0) is 18.7. The quantitative estimate of drug-likeness (QED) is 0.525. The van der Waals surface area contributed by atoms with Gasteiger partial charge in [-0.2, -0.15) is 0 Å². The molecule has 0 saturated heterocycles. The predicted molar refractivity (Wildman–Crippen MR) is 110 cm³/mol. The van der Waals surface area contributed by atoms with E-state index >= 15 is 0 Å². The van der Waals surface area contributed by atoms with Gasteiger partial charge in [-0.3, -0.25) is 0 Å². The Morgan fingerprint density at radius 3 is 2.29 bits per heavy atom. The second-order valence-corrected chi connectivity index (χ2v) is 9.88. The fourth-order valence-electron chi connectivity index (χ4n) is 6.06. The van der Waals surface area contributed by atoms with E-state index in [9.17, 15) is 8.42 Å². The minimum Gasteiger partial charge on any atom is -0.219 e. The summed E-state index contributed by atoms with van der Waals surface area (Å²) in [5, 5.41) is 0. The second kappa shape index (κ2) is 4.56. The molecule has 3 heteroatoms. The number of fused-ring (bicyclic) bond motifs is 3. The summed E-state index contributed by atoms with van der Waals surface area (Å²) < 4.78 is 27.2. The van der Waals surface area contributed by atoms with Crippen LogP contribution in [0.4, 0.5) is 0 Å². The zero-order valence-electron chi connectivity index (χ0n) is 15.1. The minimum atomic E-state index is -3.51. The zero-order valence-corrected chi connectivity index (χ0v) is 15.9. The molecule has 0 fully saturated rings. The average Bonchev–Trinajstić information content (AvgIpc) is 3.21. The fraction of sp³-hybridized carbons (Fsp3) is 0.120. The molecule has 28 heavy (non-hydrogen) atoms. The molecule has 0 aromatic heterocycles. The Kier molecular flexibility index (Phi) is 2.45. The van der Waals surface area contributed by atoms with E-state index in [0.717, 1.165) is 29.5 Å². The van der Waals surface area contributed by atoms with Gasteiger partial charge in [0.1, 0.15) is 0 Å². The first kappa shape index (κ1) is 15.1. The van der Waals surface area contributed by atoms with Crippen molar-refractivity contribution in [2.45, 2.75) is 23.2 Å². The normalized spacial score (nSPS) is 23.9. The van der Waals surface area contributed by atoms with Gasteiger partial charge >= 0.3 is 0 Å². The van der Waals surface area contributed by atoms with Gasteiger partial charge < -0.3 is 0 Å². The molecule has 1 heterocycles. The lowest BCUT2D eigenvalue weighted by Crippen LogP contribution is -2.35. The van der Waals surface area contributed by atoms with Crippen LogP contribution in [0.15, 0.2) is 88.2 Å². The third kappa shape index (κ3) is 1.36. The van der Waals surface area contributed by atoms with Gasteiger partial charge in [0.25, 0.3) is 0 Å². The first-order valence-electron chi connectivity index (χ1n) is 9.69. The molecule has 3 aromatic rings. The number of sulfone groups is 1. The molecule has 7 rings (SSSR count). The first-order chi connectivity index (χ1) is 13.7. The largest absolute Gasteiger partial charge is 0.219 e. The van der Waals surface area contributed by atoms with Gasteiger partial charge in [0.15, 0.2) is 0 Å². The van der Waals surface area contributed by atoms with Gasteiger partial charge in [0.05, 0.1) is 15.2 Å². The molecule has 0 N–H and O–H groups in total. The Morgan fingerprint density at radius 2 is 1.43 bits per heavy atom. The van der Waals surface area contributed by atoms with Crippen LogP contribution in [-0.4, -0.2) is 8.42 Å². The van der Waals surface area contributed by atoms with E-state index in [1.165, 1.54) is 27.8 Å². The topological polar surface area (TPSA) is 34.1 Å². The van der Waals surface area contributed by atoms with Gasteiger partial charge in [-0.1, -0.05) is 60.7 Å². The van der Waals surface area contributed by atoms with Gasteiger partial charge in [0.2, 0.25) is 9.84 Å². The number of benzene rings is 3. The summed E-state index contributed by atoms with van der Waals surface area (Å²) >= 11 is 0. The van der Waals surface area contributed by atoms with E-state index in [2.05, 4.69) is 48.5 Å². The molecule has 134 valence electrons. The van der Waals surface area contributed by atoms with Crippen molar-refractivity contribution in [3.8, 4) is 22.3 Å². The maximum Gasteiger partial charge on any atom is 0.206 e. The van der Waals surface area contributed by atoms with Gasteiger partial charge in [-0.15, -0.1) is 0 Å². The molecule has 0 amide bonds. The average molecular weight is 380 g/mol. The predicted octanol–water partition coefficient (Wildman–Crippen LogP) is 5.37. The van der Waals surface area contributed by atoms with Crippen LogP contribution in [-0.2, 0) is 15.3 Å². The standard InChI is InChI=1S/C25H16O2S/c26-28(27)21-13-4-3-12-20(21)25-19-11-2-1-7-15(19)16-8-5-9-17(23(16)25)18-10-6-14-22(28)24(18)25/h1-2,4-11,13-14H,3,12H2. The van der Waals surface area contributed by atoms with Crippen LogP contribution in [0.5, 0.6) is 0 Å². The molecular formula is C25H16O2S.